The van der Waals surface area contributed by atoms with Gasteiger partial charge in [-0.25, -0.2) is 9.37 Å². The van der Waals surface area contributed by atoms with Crippen LogP contribution in [0.1, 0.15) is 36.2 Å². The summed E-state index contributed by atoms with van der Waals surface area (Å²) in [6.45, 7) is 6.22. The molecule has 0 saturated carbocycles. The second-order valence-electron chi connectivity index (χ2n) is 6.80. The number of hydrogen-bond acceptors (Lipinski definition) is 5. The smallest absolute Gasteiger partial charge is 0.224 e. The summed E-state index contributed by atoms with van der Waals surface area (Å²) in [5, 5.41) is 9.08. The summed E-state index contributed by atoms with van der Waals surface area (Å²) in [4.78, 5) is 23.2. The number of ether oxygens (including phenoxy) is 1. The summed E-state index contributed by atoms with van der Waals surface area (Å²) in [7, 11) is 3.62. The van der Waals surface area contributed by atoms with Gasteiger partial charge >= 0.3 is 0 Å². The van der Waals surface area contributed by atoms with Gasteiger partial charge in [0.05, 0.1) is 25.2 Å². The highest BCUT2D eigenvalue weighted by atomic mass is 32.1. The van der Waals surface area contributed by atoms with E-state index in [-0.39, 0.29) is 24.2 Å². The molecule has 0 aliphatic rings. The fourth-order valence-corrected chi connectivity index (χ4v) is 3.52. The molecule has 0 bridgehead atoms. The van der Waals surface area contributed by atoms with Crippen molar-refractivity contribution in [1.29, 1.82) is 0 Å². The van der Waals surface area contributed by atoms with Gasteiger partial charge in [0.1, 0.15) is 16.9 Å². The van der Waals surface area contributed by atoms with E-state index in [1.54, 1.807) is 30.6 Å². The van der Waals surface area contributed by atoms with Gasteiger partial charge in [-0.15, -0.1) is 11.3 Å². The van der Waals surface area contributed by atoms with E-state index in [4.69, 9.17) is 4.74 Å². The molecule has 0 spiro atoms. The highest BCUT2D eigenvalue weighted by molar-refractivity contribution is 7.09. The minimum absolute atomic E-state index is 0.0190. The monoisotopic (exact) mass is 435 g/mol. The van der Waals surface area contributed by atoms with E-state index >= 15 is 0 Å². The number of halogens is 1. The predicted molar refractivity (Wildman–Crippen MR) is 118 cm³/mol. The quantitative estimate of drug-likeness (QED) is 0.341. The average Bonchev–Trinajstić information content (AvgIpc) is 3.19. The third-order valence-electron chi connectivity index (χ3n) is 4.34. The Bertz CT molecular complexity index is 825. The minimum Gasteiger partial charge on any atom is -0.375 e. The predicted octanol–water partition coefficient (Wildman–Crippen LogP) is 2.75. The van der Waals surface area contributed by atoms with Crippen LogP contribution < -0.4 is 10.6 Å². The zero-order chi connectivity index (χ0) is 21.9. The molecule has 0 aliphatic heterocycles. The number of methoxy groups -OCH3 is 1. The summed E-state index contributed by atoms with van der Waals surface area (Å²) in [6, 6.07) is 5.93. The molecule has 1 unspecified atom stereocenters. The summed E-state index contributed by atoms with van der Waals surface area (Å²) in [5.74, 6) is 0.327. The van der Waals surface area contributed by atoms with E-state index in [2.05, 4.69) is 20.6 Å². The Hall–Kier alpha value is -2.52. The SMILES string of the molecule is CCNC(=NCCNC(=O)Cc1ccc(F)cc1)N(C)Cc1csc(C(C)OC)n1. The van der Waals surface area contributed by atoms with Crippen molar-refractivity contribution in [3.05, 3.63) is 51.7 Å². The maximum Gasteiger partial charge on any atom is 0.224 e. The molecule has 0 radical (unpaired) electrons. The maximum atomic E-state index is 12.9. The van der Waals surface area contributed by atoms with E-state index in [0.29, 0.717) is 19.6 Å². The van der Waals surface area contributed by atoms with Crippen molar-refractivity contribution < 1.29 is 13.9 Å². The topological polar surface area (TPSA) is 78.9 Å². The van der Waals surface area contributed by atoms with Crippen LogP contribution in [0.4, 0.5) is 4.39 Å². The number of amides is 1. The lowest BCUT2D eigenvalue weighted by molar-refractivity contribution is -0.120. The summed E-state index contributed by atoms with van der Waals surface area (Å²) in [6.07, 6.45) is 0.199. The molecule has 1 aromatic carbocycles. The first-order chi connectivity index (χ1) is 14.4. The molecule has 2 rings (SSSR count). The van der Waals surface area contributed by atoms with Crippen LogP contribution in [-0.4, -0.2) is 55.5 Å². The van der Waals surface area contributed by atoms with Crippen LogP contribution in [0.5, 0.6) is 0 Å². The van der Waals surface area contributed by atoms with E-state index in [1.165, 1.54) is 12.1 Å². The van der Waals surface area contributed by atoms with Crippen LogP contribution >= 0.6 is 11.3 Å². The Balaban J connectivity index is 1.83. The lowest BCUT2D eigenvalue weighted by Crippen LogP contribution is -2.39. The van der Waals surface area contributed by atoms with Crippen molar-refractivity contribution in [2.24, 2.45) is 4.99 Å². The zero-order valence-electron chi connectivity index (χ0n) is 17.9. The number of thiazole rings is 1. The van der Waals surface area contributed by atoms with Gasteiger partial charge in [-0.2, -0.15) is 0 Å². The molecule has 0 aliphatic carbocycles. The van der Waals surface area contributed by atoms with E-state index in [9.17, 15) is 9.18 Å². The molecule has 0 fully saturated rings. The molecular formula is C21H30FN5O2S. The molecule has 1 heterocycles. The van der Waals surface area contributed by atoms with Gasteiger partial charge in [0, 0.05) is 32.6 Å². The largest absolute Gasteiger partial charge is 0.375 e. The molecule has 0 saturated heterocycles. The fourth-order valence-electron chi connectivity index (χ4n) is 2.68. The minimum atomic E-state index is -0.310. The molecule has 7 nitrogen and oxygen atoms in total. The molecular weight excluding hydrogens is 405 g/mol. The number of hydrogen-bond donors (Lipinski definition) is 2. The van der Waals surface area contributed by atoms with E-state index in [1.807, 2.05) is 31.2 Å². The van der Waals surface area contributed by atoms with Crippen molar-refractivity contribution in [3.63, 3.8) is 0 Å². The molecule has 1 atom stereocenters. The molecule has 164 valence electrons. The summed E-state index contributed by atoms with van der Waals surface area (Å²) in [5.41, 5.74) is 1.73. The molecule has 1 amide bonds. The first-order valence-electron chi connectivity index (χ1n) is 9.90. The number of guanidine groups is 1. The van der Waals surface area contributed by atoms with Crippen molar-refractivity contribution >= 4 is 23.2 Å². The Morgan fingerprint density at radius 3 is 2.73 bits per heavy atom. The lowest BCUT2D eigenvalue weighted by atomic mass is 10.1. The molecule has 9 heteroatoms. The molecule has 2 aromatic rings. The van der Waals surface area contributed by atoms with Crippen molar-refractivity contribution in [1.82, 2.24) is 20.5 Å². The number of carbonyl (C=O) groups is 1. The van der Waals surface area contributed by atoms with Gasteiger partial charge in [0.25, 0.3) is 0 Å². The van der Waals surface area contributed by atoms with Crippen LogP contribution in [0.25, 0.3) is 0 Å². The highest BCUT2D eigenvalue weighted by Gasteiger charge is 2.12. The number of nitrogens with zero attached hydrogens (tertiary/aromatic N) is 3. The van der Waals surface area contributed by atoms with Gasteiger partial charge in [0.15, 0.2) is 5.96 Å². The summed E-state index contributed by atoms with van der Waals surface area (Å²) >= 11 is 1.58. The number of aliphatic imine (C=N–C) groups is 1. The van der Waals surface area contributed by atoms with Crippen LogP contribution in [0.2, 0.25) is 0 Å². The van der Waals surface area contributed by atoms with Crippen LogP contribution in [0.15, 0.2) is 34.6 Å². The van der Waals surface area contributed by atoms with Gasteiger partial charge in [-0.05, 0) is 31.5 Å². The molecule has 1 aromatic heterocycles. The molecule has 30 heavy (non-hydrogen) atoms. The number of carbonyl (C=O) groups excluding carboxylic acids is 1. The van der Waals surface area contributed by atoms with E-state index < -0.39 is 0 Å². The first kappa shape index (κ1) is 23.8. The Morgan fingerprint density at radius 1 is 1.33 bits per heavy atom. The van der Waals surface area contributed by atoms with Gasteiger partial charge in [-0.3, -0.25) is 9.79 Å². The van der Waals surface area contributed by atoms with Gasteiger partial charge in [0.2, 0.25) is 5.91 Å². The van der Waals surface area contributed by atoms with Crippen LogP contribution in [0, 0.1) is 5.82 Å². The zero-order valence-corrected chi connectivity index (χ0v) is 18.8. The number of benzene rings is 1. The Kier molecular flexibility index (Phi) is 9.69. The first-order valence-corrected chi connectivity index (χ1v) is 10.8. The van der Waals surface area contributed by atoms with Gasteiger partial charge < -0.3 is 20.3 Å². The van der Waals surface area contributed by atoms with E-state index in [0.717, 1.165) is 28.8 Å². The van der Waals surface area contributed by atoms with Crippen molar-refractivity contribution in [2.75, 3.05) is 33.8 Å². The Labute approximate surface area is 181 Å². The highest BCUT2D eigenvalue weighted by Crippen LogP contribution is 2.20. The van der Waals surface area contributed by atoms with Crippen molar-refractivity contribution in [3.8, 4) is 0 Å². The maximum absolute atomic E-state index is 12.9. The van der Waals surface area contributed by atoms with Crippen molar-refractivity contribution in [2.45, 2.75) is 32.9 Å². The van der Waals surface area contributed by atoms with Crippen LogP contribution in [0.3, 0.4) is 0 Å². The Morgan fingerprint density at radius 2 is 2.07 bits per heavy atom. The third kappa shape index (κ3) is 7.72. The fraction of sp³-hybridized carbons (Fsp3) is 0.476. The second kappa shape index (κ2) is 12.2. The average molecular weight is 436 g/mol. The third-order valence-corrected chi connectivity index (χ3v) is 5.39. The standard InChI is InChI=1S/C21H30FN5O2S/c1-5-23-21(27(3)13-18-14-30-20(26-18)15(2)29-4)25-11-10-24-19(28)12-16-6-8-17(22)9-7-16/h6-9,14-15H,5,10-13H2,1-4H3,(H,23,25)(H,24,28). The van der Waals surface area contributed by atoms with Gasteiger partial charge in [-0.1, -0.05) is 12.1 Å². The van der Waals surface area contributed by atoms with Crippen LogP contribution in [-0.2, 0) is 22.5 Å². The number of rotatable bonds is 10. The lowest BCUT2D eigenvalue weighted by Gasteiger charge is -2.21. The summed E-state index contributed by atoms with van der Waals surface area (Å²) < 4.78 is 18.2. The number of nitrogens with one attached hydrogen (secondary N) is 2. The second-order valence-corrected chi connectivity index (χ2v) is 7.69. The number of aromatic nitrogens is 1. The molecule has 2 N–H and O–H groups in total. The normalized spacial score (nSPS) is 12.5.